The fraction of sp³-hybridized carbons (Fsp3) is 0.273. The molecule has 1 heterocycles. The average Bonchev–Trinajstić information content (AvgIpc) is 2.61. The van der Waals surface area contributed by atoms with Crippen molar-refractivity contribution < 1.29 is 18.0 Å². The summed E-state index contributed by atoms with van der Waals surface area (Å²) in [6.45, 7) is 0.274. The number of halogens is 1. The van der Waals surface area contributed by atoms with Gasteiger partial charge in [-0.05, 0) is 18.2 Å². The number of nitrogens with zero attached hydrogens (tertiary/aromatic N) is 1. The van der Waals surface area contributed by atoms with E-state index in [1.807, 2.05) is 0 Å². The summed E-state index contributed by atoms with van der Waals surface area (Å²) >= 11 is 0. The van der Waals surface area contributed by atoms with E-state index in [1.54, 1.807) is 0 Å². The highest BCUT2D eigenvalue weighted by Crippen LogP contribution is 2.24. The molecule has 0 unspecified atom stereocenters. The standard InChI is InChI=1S/C11H13N3O4S.ClH/c1-14-10(15)8-3-2-7(6-9(8)11(14)16)19(17,18)13-5-4-12;/h2-3,6,13H,4-5,12H2,1H3;1H. The Morgan fingerprint density at radius 2 is 1.80 bits per heavy atom. The first-order valence-electron chi connectivity index (χ1n) is 5.54. The first-order valence-corrected chi connectivity index (χ1v) is 7.03. The smallest absolute Gasteiger partial charge is 0.261 e. The molecule has 0 spiro atoms. The SMILES string of the molecule is CN1C(=O)c2ccc(S(=O)(=O)NCCN)cc2C1=O.Cl. The molecular formula is C11H14ClN3O4S. The molecule has 110 valence electrons. The molecule has 0 atom stereocenters. The maximum Gasteiger partial charge on any atom is 0.261 e. The van der Waals surface area contributed by atoms with Gasteiger partial charge in [-0.3, -0.25) is 14.5 Å². The molecular weight excluding hydrogens is 306 g/mol. The Balaban J connectivity index is 0.00000200. The summed E-state index contributed by atoms with van der Waals surface area (Å²) in [5, 5.41) is 0. The van der Waals surface area contributed by atoms with Gasteiger partial charge in [0, 0.05) is 20.1 Å². The van der Waals surface area contributed by atoms with Crippen LogP contribution in [0.15, 0.2) is 23.1 Å². The number of nitrogens with one attached hydrogen (secondary N) is 1. The minimum absolute atomic E-state index is 0. The molecule has 7 nitrogen and oxygen atoms in total. The van der Waals surface area contributed by atoms with Crippen molar-refractivity contribution in [3.8, 4) is 0 Å². The summed E-state index contributed by atoms with van der Waals surface area (Å²) < 4.78 is 26.1. The normalized spacial score (nSPS) is 14.2. The van der Waals surface area contributed by atoms with Crippen LogP contribution in [0.4, 0.5) is 0 Å². The Hall–Kier alpha value is -1.48. The summed E-state index contributed by atoms with van der Waals surface area (Å²) in [5.41, 5.74) is 5.54. The van der Waals surface area contributed by atoms with Gasteiger partial charge in [-0.25, -0.2) is 13.1 Å². The Kier molecular flexibility index (Phi) is 4.87. The summed E-state index contributed by atoms with van der Waals surface area (Å²) in [5.74, 6) is -0.935. The largest absolute Gasteiger partial charge is 0.329 e. The lowest BCUT2D eigenvalue weighted by atomic mass is 10.1. The molecule has 1 aromatic rings. The second kappa shape index (κ2) is 5.88. The van der Waals surface area contributed by atoms with Crippen molar-refractivity contribution in [3.05, 3.63) is 29.3 Å². The van der Waals surface area contributed by atoms with Crippen LogP contribution in [0.25, 0.3) is 0 Å². The van der Waals surface area contributed by atoms with Crippen LogP contribution in [0.5, 0.6) is 0 Å². The van der Waals surface area contributed by atoms with Gasteiger partial charge in [0.05, 0.1) is 16.0 Å². The highest BCUT2D eigenvalue weighted by atomic mass is 35.5. The van der Waals surface area contributed by atoms with Crippen LogP contribution in [-0.2, 0) is 10.0 Å². The van der Waals surface area contributed by atoms with Crippen LogP contribution in [0.1, 0.15) is 20.7 Å². The van der Waals surface area contributed by atoms with E-state index in [-0.39, 0.29) is 41.5 Å². The molecule has 1 aliphatic heterocycles. The number of carbonyl (C=O) groups is 2. The fourth-order valence-corrected chi connectivity index (χ4v) is 2.86. The molecule has 20 heavy (non-hydrogen) atoms. The molecule has 0 aromatic heterocycles. The van der Waals surface area contributed by atoms with Crippen molar-refractivity contribution in [2.45, 2.75) is 4.90 Å². The molecule has 1 aromatic carbocycles. The van der Waals surface area contributed by atoms with E-state index in [9.17, 15) is 18.0 Å². The Bertz CT molecular complexity index is 660. The summed E-state index contributed by atoms with van der Waals surface area (Å²) in [4.78, 5) is 24.3. The number of benzene rings is 1. The average molecular weight is 320 g/mol. The summed E-state index contributed by atoms with van der Waals surface area (Å²) in [6.07, 6.45) is 0. The molecule has 0 bridgehead atoms. The third kappa shape index (κ3) is 2.68. The van der Waals surface area contributed by atoms with Crippen molar-refractivity contribution in [1.29, 1.82) is 0 Å². The minimum Gasteiger partial charge on any atom is -0.329 e. The molecule has 0 saturated carbocycles. The predicted octanol–water partition coefficient (Wildman–Crippen LogP) is -0.429. The zero-order chi connectivity index (χ0) is 14.2. The molecule has 9 heteroatoms. The monoisotopic (exact) mass is 319 g/mol. The van der Waals surface area contributed by atoms with E-state index in [0.29, 0.717) is 0 Å². The van der Waals surface area contributed by atoms with Gasteiger partial charge in [0.1, 0.15) is 0 Å². The molecule has 2 rings (SSSR count). The number of fused-ring (bicyclic) bond motifs is 1. The van der Waals surface area contributed by atoms with Crippen LogP contribution >= 0.6 is 12.4 Å². The third-order valence-corrected chi connectivity index (χ3v) is 4.27. The van der Waals surface area contributed by atoms with Gasteiger partial charge in [0.15, 0.2) is 0 Å². The quantitative estimate of drug-likeness (QED) is 0.732. The number of sulfonamides is 1. The zero-order valence-electron chi connectivity index (χ0n) is 10.6. The molecule has 0 fully saturated rings. The molecule has 2 amide bonds. The number of nitrogens with two attached hydrogens (primary N) is 1. The number of carbonyl (C=O) groups excluding carboxylic acids is 2. The molecule has 1 aliphatic rings. The summed E-state index contributed by atoms with van der Waals surface area (Å²) in [6, 6.07) is 3.84. The fourth-order valence-electron chi connectivity index (χ4n) is 1.78. The van der Waals surface area contributed by atoms with Crippen LogP contribution in [0.2, 0.25) is 0 Å². The number of hydrogen-bond acceptors (Lipinski definition) is 5. The molecule has 0 radical (unpaired) electrons. The van der Waals surface area contributed by atoms with Gasteiger partial charge in [-0.15, -0.1) is 12.4 Å². The highest BCUT2D eigenvalue weighted by molar-refractivity contribution is 7.89. The van der Waals surface area contributed by atoms with Gasteiger partial charge in [-0.2, -0.15) is 0 Å². The first kappa shape index (κ1) is 16.6. The number of amides is 2. The van der Waals surface area contributed by atoms with Gasteiger partial charge in [0.25, 0.3) is 11.8 Å². The maximum atomic E-state index is 11.9. The van der Waals surface area contributed by atoms with Crippen LogP contribution in [0.3, 0.4) is 0 Å². The Morgan fingerprint density at radius 1 is 1.20 bits per heavy atom. The third-order valence-electron chi connectivity index (χ3n) is 2.81. The minimum atomic E-state index is -3.71. The van der Waals surface area contributed by atoms with E-state index < -0.39 is 21.8 Å². The molecule has 0 saturated heterocycles. The molecule has 0 aliphatic carbocycles. The van der Waals surface area contributed by atoms with E-state index in [2.05, 4.69) is 4.72 Å². The van der Waals surface area contributed by atoms with Crippen molar-refractivity contribution in [2.24, 2.45) is 5.73 Å². The van der Waals surface area contributed by atoms with E-state index in [0.717, 1.165) is 4.90 Å². The maximum absolute atomic E-state index is 11.9. The van der Waals surface area contributed by atoms with Crippen molar-refractivity contribution >= 4 is 34.2 Å². The van der Waals surface area contributed by atoms with Gasteiger partial charge >= 0.3 is 0 Å². The van der Waals surface area contributed by atoms with Gasteiger partial charge in [0.2, 0.25) is 10.0 Å². The van der Waals surface area contributed by atoms with Gasteiger partial charge in [-0.1, -0.05) is 0 Å². The van der Waals surface area contributed by atoms with E-state index in [1.165, 1.54) is 25.2 Å². The van der Waals surface area contributed by atoms with Crippen LogP contribution < -0.4 is 10.5 Å². The number of rotatable bonds is 4. The second-order valence-corrected chi connectivity index (χ2v) is 5.83. The number of imide groups is 1. The Labute approximate surface area is 122 Å². The zero-order valence-corrected chi connectivity index (χ0v) is 12.3. The lowest BCUT2D eigenvalue weighted by Crippen LogP contribution is -2.29. The van der Waals surface area contributed by atoms with E-state index >= 15 is 0 Å². The van der Waals surface area contributed by atoms with Crippen molar-refractivity contribution in [2.75, 3.05) is 20.1 Å². The molecule has 3 N–H and O–H groups in total. The Morgan fingerprint density at radius 3 is 2.40 bits per heavy atom. The van der Waals surface area contributed by atoms with E-state index in [4.69, 9.17) is 5.73 Å². The van der Waals surface area contributed by atoms with Crippen molar-refractivity contribution in [3.63, 3.8) is 0 Å². The topological polar surface area (TPSA) is 110 Å². The van der Waals surface area contributed by atoms with Gasteiger partial charge < -0.3 is 5.73 Å². The lowest BCUT2D eigenvalue weighted by molar-refractivity contribution is 0.0693. The van der Waals surface area contributed by atoms with Crippen molar-refractivity contribution in [1.82, 2.24) is 9.62 Å². The second-order valence-electron chi connectivity index (χ2n) is 4.06. The predicted molar refractivity (Wildman–Crippen MR) is 74.4 cm³/mol. The van der Waals surface area contributed by atoms with Crippen LogP contribution in [0, 0.1) is 0 Å². The first-order chi connectivity index (χ1) is 8.88. The lowest BCUT2D eigenvalue weighted by Gasteiger charge is -2.06. The number of hydrogen-bond donors (Lipinski definition) is 2. The van der Waals surface area contributed by atoms with Crippen LogP contribution in [-0.4, -0.2) is 45.3 Å². The highest BCUT2D eigenvalue weighted by Gasteiger charge is 2.33. The summed E-state index contributed by atoms with van der Waals surface area (Å²) in [7, 11) is -2.36.